The molecule has 21 heavy (non-hydrogen) atoms. The van der Waals surface area contributed by atoms with Gasteiger partial charge in [0.2, 0.25) is 10.0 Å². The van der Waals surface area contributed by atoms with E-state index >= 15 is 0 Å². The average Bonchev–Trinajstić information content (AvgIpc) is 2.44. The van der Waals surface area contributed by atoms with Gasteiger partial charge in [0, 0.05) is 30.2 Å². The topological polar surface area (TPSA) is 102 Å². The van der Waals surface area contributed by atoms with E-state index in [0.717, 1.165) is 0 Å². The van der Waals surface area contributed by atoms with Crippen LogP contribution in [-0.4, -0.2) is 44.9 Å². The molecular weight excluding hydrogens is 362 g/mol. The van der Waals surface area contributed by atoms with Gasteiger partial charge in [-0.25, -0.2) is 8.42 Å². The van der Waals surface area contributed by atoms with Crippen molar-refractivity contribution in [1.82, 2.24) is 4.31 Å². The average molecular weight is 378 g/mol. The fourth-order valence-electron chi connectivity index (χ4n) is 1.82. The van der Waals surface area contributed by atoms with Gasteiger partial charge in [-0.05, 0) is 28.9 Å². The Bertz CT molecular complexity index is 677. The van der Waals surface area contributed by atoms with E-state index in [2.05, 4.69) is 21.2 Å². The van der Waals surface area contributed by atoms with Crippen LogP contribution in [0.15, 0.2) is 21.5 Å². The van der Waals surface area contributed by atoms with Gasteiger partial charge in [0.15, 0.2) is 6.61 Å². The van der Waals surface area contributed by atoms with E-state index < -0.39 is 10.0 Å². The number of rotatable bonds is 4. The van der Waals surface area contributed by atoms with Crippen molar-refractivity contribution in [3.63, 3.8) is 0 Å². The summed E-state index contributed by atoms with van der Waals surface area (Å²) in [6, 6.07) is 2.58. The fraction of sp³-hybridized carbons (Fsp3) is 0.417. The summed E-state index contributed by atoms with van der Waals surface area (Å²) in [5, 5.41) is 2.62. The van der Waals surface area contributed by atoms with Crippen LogP contribution in [-0.2, 0) is 14.8 Å². The number of carbonyl (C=O) groups excluding carboxylic acids is 1. The Morgan fingerprint density at radius 1 is 1.52 bits per heavy atom. The first-order valence-corrected chi connectivity index (χ1v) is 8.45. The highest BCUT2D eigenvalue weighted by atomic mass is 79.9. The van der Waals surface area contributed by atoms with Crippen molar-refractivity contribution in [3.8, 4) is 5.75 Å². The lowest BCUT2D eigenvalue weighted by Gasteiger charge is -2.25. The van der Waals surface area contributed by atoms with Gasteiger partial charge in [-0.15, -0.1) is 0 Å². The molecule has 1 atom stereocenters. The van der Waals surface area contributed by atoms with Crippen LogP contribution in [0.5, 0.6) is 5.75 Å². The number of fused-ring (bicyclic) bond motifs is 1. The molecule has 0 aromatic heterocycles. The normalized spacial score (nSPS) is 16.1. The van der Waals surface area contributed by atoms with Gasteiger partial charge >= 0.3 is 0 Å². The minimum Gasteiger partial charge on any atom is -0.482 e. The largest absolute Gasteiger partial charge is 0.482 e. The number of nitrogens with one attached hydrogen (secondary N) is 1. The second kappa shape index (κ2) is 5.91. The quantitative estimate of drug-likeness (QED) is 0.805. The van der Waals surface area contributed by atoms with E-state index in [1.165, 1.54) is 23.5 Å². The molecule has 0 saturated carbocycles. The maximum Gasteiger partial charge on any atom is 0.262 e. The number of amides is 1. The van der Waals surface area contributed by atoms with Crippen molar-refractivity contribution in [2.45, 2.75) is 17.9 Å². The molecule has 1 aromatic carbocycles. The lowest BCUT2D eigenvalue weighted by molar-refractivity contribution is -0.118. The smallest absolute Gasteiger partial charge is 0.262 e. The second-order valence-electron chi connectivity index (χ2n) is 4.72. The first-order valence-electron chi connectivity index (χ1n) is 6.21. The minimum atomic E-state index is -3.71. The number of nitrogens with zero attached hydrogens (tertiary/aromatic N) is 1. The zero-order valence-corrected chi connectivity index (χ0v) is 14.0. The summed E-state index contributed by atoms with van der Waals surface area (Å²) in [7, 11) is -2.24. The van der Waals surface area contributed by atoms with E-state index in [1.54, 1.807) is 6.92 Å². The number of anilines is 1. The summed E-state index contributed by atoms with van der Waals surface area (Å²) in [6.45, 7) is 1.80. The summed E-state index contributed by atoms with van der Waals surface area (Å²) in [6.07, 6.45) is 0. The van der Waals surface area contributed by atoms with Crippen molar-refractivity contribution < 1.29 is 17.9 Å². The third-order valence-electron chi connectivity index (χ3n) is 3.29. The Morgan fingerprint density at radius 3 is 2.81 bits per heavy atom. The summed E-state index contributed by atoms with van der Waals surface area (Å²) < 4.78 is 32.0. The molecule has 1 aliphatic heterocycles. The monoisotopic (exact) mass is 377 g/mol. The van der Waals surface area contributed by atoms with Gasteiger partial charge in [-0.3, -0.25) is 4.79 Å². The molecule has 1 aliphatic rings. The first-order chi connectivity index (χ1) is 9.77. The molecule has 3 N–H and O–H groups in total. The Hall–Kier alpha value is -1.16. The van der Waals surface area contributed by atoms with Gasteiger partial charge in [-0.1, -0.05) is 0 Å². The van der Waals surface area contributed by atoms with E-state index in [-0.39, 0.29) is 30.0 Å². The predicted molar refractivity (Wildman–Crippen MR) is 81.7 cm³/mol. The number of hydrogen-bond donors (Lipinski definition) is 2. The lowest BCUT2D eigenvalue weighted by Crippen LogP contribution is -2.39. The van der Waals surface area contributed by atoms with E-state index in [1.807, 2.05) is 0 Å². The second-order valence-corrected chi connectivity index (χ2v) is 7.54. The van der Waals surface area contributed by atoms with Crippen LogP contribution in [0, 0.1) is 0 Å². The molecule has 2 rings (SSSR count). The number of ether oxygens (including phenoxy) is 1. The van der Waals surface area contributed by atoms with Gasteiger partial charge in [0.05, 0.1) is 5.69 Å². The number of nitrogens with two attached hydrogens (primary N) is 1. The van der Waals surface area contributed by atoms with Crippen molar-refractivity contribution in [2.24, 2.45) is 5.73 Å². The van der Waals surface area contributed by atoms with Gasteiger partial charge in [-0.2, -0.15) is 4.31 Å². The standard InChI is InChI=1S/C12H16BrN3O4S/c1-7(5-14)16(2)21(18,19)11-4-10-9(3-8(11)13)15-12(17)6-20-10/h3-4,7H,5-6,14H2,1-2H3,(H,15,17). The maximum absolute atomic E-state index is 12.6. The summed E-state index contributed by atoms with van der Waals surface area (Å²) >= 11 is 3.23. The Morgan fingerprint density at radius 2 is 2.19 bits per heavy atom. The van der Waals surface area contributed by atoms with Crippen LogP contribution in [0.1, 0.15) is 6.92 Å². The third-order valence-corrected chi connectivity index (χ3v) is 6.22. The van der Waals surface area contributed by atoms with Crippen LogP contribution >= 0.6 is 15.9 Å². The number of likely N-dealkylation sites (N-methyl/N-ethyl adjacent to an activating group) is 1. The van der Waals surface area contributed by atoms with Gasteiger partial charge in [0.25, 0.3) is 5.91 Å². The highest BCUT2D eigenvalue weighted by Gasteiger charge is 2.29. The third kappa shape index (κ3) is 3.05. The maximum atomic E-state index is 12.6. The summed E-state index contributed by atoms with van der Waals surface area (Å²) in [5.41, 5.74) is 5.96. The zero-order valence-electron chi connectivity index (χ0n) is 11.6. The van der Waals surface area contributed by atoms with E-state index in [9.17, 15) is 13.2 Å². The molecule has 1 amide bonds. The molecule has 1 aromatic rings. The molecule has 0 saturated heterocycles. The number of sulfonamides is 1. The van der Waals surface area contributed by atoms with Crippen molar-refractivity contribution in [2.75, 3.05) is 25.5 Å². The summed E-state index contributed by atoms with van der Waals surface area (Å²) in [5.74, 6) is 0.0454. The van der Waals surface area contributed by atoms with E-state index in [0.29, 0.717) is 15.9 Å². The highest BCUT2D eigenvalue weighted by Crippen LogP contribution is 2.36. The zero-order chi connectivity index (χ0) is 15.8. The van der Waals surface area contributed by atoms with Gasteiger partial charge in [0.1, 0.15) is 10.6 Å². The molecule has 0 fully saturated rings. The predicted octanol–water partition coefficient (Wildman–Crippen LogP) is 0.748. The molecular formula is C12H16BrN3O4S. The van der Waals surface area contributed by atoms with Crippen LogP contribution in [0.25, 0.3) is 0 Å². The molecule has 9 heteroatoms. The molecule has 7 nitrogen and oxygen atoms in total. The first kappa shape index (κ1) is 16.2. The molecule has 1 unspecified atom stereocenters. The van der Waals surface area contributed by atoms with Crippen LogP contribution in [0.3, 0.4) is 0 Å². The fourth-order valence-corrected chi connectivity index (χ4v) is 4.21. The molecule has 0 bridgehead atoms. The van der Waals surface area contributed by atoms with Crippen LogP contribution in [0.2, 0.25) is 0 Å². The number of halogens is 1. The molecule has 0 radical (unpaired) electrons. The van der Waals surface area contributed by atoms with Crippen molar-refractivity contribution in [3.05, 3.63) is 16.6 Å². The molecule has 0 aliphatic carbocycles. The Kier molecular flexibility index (Phi) is 4.57. The van der Waals surface area contributed by atoms with Gasteiger partial charge < -0.3 is 15.8 Å². The lowest BCUT2D eigenvalue weighted by atomic mass is 10.2. The Balaban J connectivity index is 2.48. The van der Waals surface area contributed by atoms with Crippen LogP contribution in [0.4, 0.5) is 5.69 Å². The summed E-state index contributed by atoms with van der Waals surface area (Å²) in [4.78, 5) is 11.3. The van der Waals surface area contributed by atoms with Crippen molar-refractivity contribution >= 4 is 37.5 Å². The number of benzene rings is 1. The minimum absolute atomic E-state index is 0.0696. The highest BCUT2D eigenvalue weighted by molar-refractivity contribution is 9.10. The van der Waals surface area contributed by atoms with Crippen molar-refractivity contribution in [1.29, 1.82) is 0 Å². The number of hydrogen-bond acceptors (Lipinski definition) is 5. The molecule has 1 heterocycles. The SMILES string of the molecule is CC(CN)N(C)S(=O)(=O)c1cc2c(cc1Br)NC(=O)CO2. The number of carbonyl (C=O) groups is 1. The molecule has 0 spiro atoms. The molecule has 116 valence electrons. The van der Waals surface area contributed by atoms with E-state index in [4.69, 9.17) is 10.5 Å². The Labute approximate surface area is 131 Å². The van der Waals surface area contributed by atoms with Crippen LogP contribution < -0.4 is 15.8 Å².